The molecule has 138 valence electrons. The second-order valence-electron chi connectivity index (χ2n) is 5.37. The summed E-state index contributed by atoms with van der Waals surface area (Å²) in [5.41, 5.74) is 1.76. The highest BCUT2D eigenvalue weighted by Crippen LogP contribution is 2.30. The van der Waals surface area contributed by atoms with E-state index in [4.69, 9.17) is 0 Å². The van der Waals surface area contributed by atoms with Crippen LogP contribution < -0.4 is 5.43 Å². The first-order valence-corrected chi connectivity index (χ1v) is 7.43. The number of rotatable bonds is 7. The van der Waals surface area contributed by atoms with Crippen LogP contribution in [0.4, 0.5) is 18.9 Å². The number of hydrazone groups is 1. The molecule has 0 amide bonds. The Bertz CT molecular complexity index is 643. The Morgan fingerprint density at radius 2 is 1.92 bits per heavy atom. The molecular formula is C16H20F3N3O3. The van der Waals surface area contributed by atoms with Crippen LogP contribution in [-0.4, -0.2) is 43.7 Å². The van der Waals surface area contributed by atoms with E-state index in [1.807, 2.05) is 0 Å². The number of amidine groups is 1. The van der Waals surface area contributed by atoms with Crippen molar-refractivity contribution in [3.8, 4) is 0 Å². The van der Waals surface area contributed by atoms with Gasteiger partial charge in [0.15, 0.2) is 11.6 Å². The molecule has 25 heavy (non-hydrogen) atoms. The predicted octanol–water partition coefficient (Wildman–Crippen LogP) is 2.90. The number of nitrogens with one attached hydrogen (secondary N) is 1. The fraction of sp³-hybridized carbons (Fsp3) is 0.438. The Labute approximate surface area is 143 Å². The molecule has 0 aliphatic rings. The van der Waals surface area contributed by atoms with E-state index in [9.17, 15) is 22.8 Å². The van der Waals surface area contributed by atoms with Gasteiger partial charge < -0.3 is 9.64 Å². The van der Waals surface area contributed by atoms with Gasteiger partial charge in [-0.05, 0) is 24.6 Å². The molecule has 0 fully saturated rings. The number of esters is 1. The summed E-state index contributed by atoms with van der Waals surface area (Å²) in [5.74, 6) is -0.714. The zero-order valence-corrected chi connectivity index (χ0v) is 14.2. The molecule has 0 saturated carbocycles. The molecule has 0 bridgehead atoms. The third kappa shape index (κ3) is 6.82. The van der Waals surface area contributed by atoms with E-state index in [0.29, 0.717) is 6.42 Å². The van der Waals surface area contributed by atoms with Crippen LogP contribution in [0.3, 0.4) is 0 Å². The highest BCUT2D eigenvalue weighted by atomic mass is 19.4. The summed E-state index contributed by atoms with van der Waals surface area (Å²) in [4.78, 5) is 24.6. The van der Waals surface area contributed by atoms with Crippen LogP contribution in [0.25, 0.3) is 0 Å². The van der Waals surface area contributed by atoms with Crippen molar-refractivity contribution in [3.05, 3.63) is 29.8 Å². The van der Waals surface area contributed by atoms with E-state index in [0.717, 1.165) is 12.1 Å². The van der Waals surface area contributed by atoms with Crippen LogP contribution in [0.2, 0.25) is 0 Å². The largest absolute Gasteiger partial charge is 0.469 e. The Kier molecular flexibility index (Phi) is 7.41. The van der Waals surface area contributed by atoms with Crippen LogP contribution in [0, 0.1) is 0 Å². The molecule has 0 aliphatic carbocycles. The van der Waals surface area contributed by atoms with Gasteiger partial charge in [0.2, 0.25) is 0 Å². The first-order valence-electron chi connectivity index (χ1n) is 7.43. The molecule has 1 N–H and O–H groups in total. The number of methoxy groups -OCH3 is 1. The minimum absolute atomic E-state index is 0.0438. The number of ketones is 1. The number of halogens is 3. The van der Waals surface area contributed by atoms with Gasteiger partial charge in [0.1, 0.15) is 0 Å². The van der Waals surface area contributed by atoms with E-state index in [1.165, 1.54) is 24.1 Å². The standard InChI is InChI=1S/C16H20F3N3O3/c1-22(2)15(13(23)8-5-9-14(24)25-3)21-20-12-7-4-6-11(10-12)16(17,18)19/h4,6-7,10,20H,5,8-9H2,1-3H3/b21-15+. The third-order valence-corrected chi connectivity index (χ3v) is 3.17. The van der Waals surface area contributed by atoms with Gasteiger partial charge in [-0.2, -0.15) is 18.3 Å². The lowest BCUT2D eigenvalue weighted by Crippen LogP contribution is -2.31. The van der Waals surface area contributed by atoms with Crippen molar-refractivity contribution in [1.29, 1.82) is 0 Å². The number of nitrogens with zero attached hydrogens (tertiary/aromatic N) is 2. The molecule has 0 unspecified atom stereocenters. The minimum atomic E-state index is -4.46. The molecule has 6 nitrogen and oxygen atoms in total. The molecule has 0 aromatic heterocycles. The highest BCUT2D eigenvalue weighted by Gasteiger charge is 2.30. The van der Waals surface area contributed by atoms with Crippen LogP contribution in [-0.2, 0) is 20.5 Å². The molecule has 0 aliphatic heterocycles. The Balaban J connectivity index is 2.79. The van der Waals surface area contributed by atoms with Gasteiger partial charge in [-0.1, -0.05) is 6.07 Å². The number of hydrogen-bond donors (Lipinski definition) is 1. The van der Waals surface area contributed by atoms with Crippen LogP contribution in [0.5, 0.6) is 0 Å². The van der Waals surface area contributed by atoms with Gasteiger partial charge in [-0.3, -0.25) is 15.0 Å². The first-order chi connectivity index (χ1) is 11.6. The maximum atomic E-state index is 12.7. The topological polar surface area (TPSA) is 71.0 Å². The second kappa shape index (κ2) is 9.05. The Morgan fingerprint density at radius 1 is 1.24 bits per heavy atom. The number of Topliss-reactive ketones (excluding diaryl/α,β-unsaturated/α-hetero) is 1. The van der Waals surface area contributed by atoms with Crippen molar-refractivity contribution >= 4 is 23.3 Å². The number of carbonyl (C=O) groups excluding carboxylic acids is 2. The lowest BCUT2D eigenvalue weighted by molar-refractivity contribution is -0.140. The highest BCUT2D eigenvalue weighted by molar-refractivity contribution is 6.38. The van der Waals surface area contributed by atoms with E-state index in [2.05, 4.69) is 15.3 Å². The molecule has 0 radical (unpaired) electrons. The Morgan fingerprint density at radius 3 is 2.48 bits per heavy atom. The molecule has 0 heterocycles. The quantitative estimate of drug-likeness (QED) is 0.351. The summed E-state index contributed by atoms with van der Waals surface area (Å²) in [6, 6.07) is 4.50. The molecule has 1 aromatic rings. The van der Waals surface area contributed by atoms with Crippen molar-refractivity contribution in [2.24, 2.45) is 5.10 Å². The number of likely N-dealkylation sites (N-methyl/N-ethyl adjacent to an activating group) is 1. The number of alkyl halides is 3. The summed E-state index contributed by atoms with van der Waals surface area (Å²) in [6.07, 6.45) is -4.00. The van der Waals surface area contributed by atoms with Gasteiger partial charge in [-0.15, -0.1) is 0 Å². The van der Waals surface area contributed by atoms with Crippen molar-refractivity contribution in [1.82, 2.24) is 4.90 Å². The van der Waals surface area contributed by atoms with Gasteiger partial charge >= 0.3 is 12.1 Å². The zero-order chi connectivity index (χ0) is 19.0. The SMILES string of the molecule is COC(=O)CCCC(=O)/C(=N\Nc1cccc(C(F)(F)F)c1)N(C)C. The maximum Gasteiger partial charge on any atom is 0.416 e. The van der Waals surface area contributed by atoms with Crippen LogP contribution >= 0.6 is 0 Å². The van der Waals surface area contributed by atoms with E-state index >= 15 is 0 Å². The molecule has 0 saturated heterocycles. The fourth-order valence-corrected chi connectivity index (χ4v) is 1.90. The number of carbonyl (C=O) groups is 2. The van der Waals surface area contributed by atoms with E-state index in [-0.39, 0.29) is 30.1 Å². The van der Waals surface area contributed by atoms with E-state index < -0.39 is 17.7 Å². The Hall–Kier alpha value is -2.58. The van der Waals surface area contributed by atoms with Crippen molar-refractivity contribution in [3.63, 3.8) is 0 Å². The number of ether oxygens (including phenoxy) is 1. The molecule has 1 rings (SSSR count). The van der Waals surface area contributed by atoms with Gasteiger partial charge in [0, 0.05) is 26.9 Å². The summed E-state index contributed by atoms with van der Waals surface area (Å²) in [7, 11) is 4.44. The number of benzene rings is 1. The van der Waals surface area contributed by atoms with Crippen LogP contribution in [0.1, 0.15) is 24.8 Å². The fourth-order valence-electron chi connectivity index (χ4n) is 1.90. The van der Waals surface area contributed by atoms with Gasteiger partial charge in [-0.25, -0.2) is 0 Å². The summed E-state index contributed by atoms with van der Waals surface area (Å²) < 4.78 is 42.6. The normalized spacial score (nSPS) is 11.8. The zero-order valence-electron chi connectivity index (χ0n) is 14.2. The minimum Gasteiger partial charge on any atom is -0.469 e. The summed E-state index contributed by atoms with van der Waals surface area (Å²) in [6.45, 7) is 0. The monoisotopic (exact) mass is 359 g/mol. The van der Waals surface area contributed by atoms with Crippen molar-refractivity contribution < 1.29 is 27.5 Å². The third-order valence-electron chi connectivity index (χ3n) is 3.17. The summed E-state index contributed by atoms with van der Waals surface area (Å²) in [5, 5.41) is 3.89. The lowest BCUT2D eigenvalue weighted by atomic mass is 10.1. The van der Waals surface area contributed by atoms with Crippen LogP contribution in [0.15, 0.2) is 29.4 Å². The lowest BCUT2D eigenvalue weighted by Gasteiger charge is -2.15. The molecule has 0 atom stereocenters. The first kappa shape index (κ1) is 20.5. The van der Waals surface area contributed by atoms with Crippen molar-refractivity contribution in [2.75, 3.05) is 26.6 Å². The number of hydrogen-bond acceptors (Lipinski definition) is 5. The summed E-state index contributed by atoms with van der Waals surface area (Å²) >= 11 is 0. The van der Waals surface area contributed by atoms with E-state index in [1.54, 1.807) is 14.1 Å². The molecule has 9 heteroatoms. The second-order valence-corrected chi connectivity index (χ2v) is 5.37. The smallest absolute Gasteiger partial charge is 0.416 e. The molecule has 0 spiro atoms. The molecule has 1 aromatic carbocycles. The van der Waals surface area contributed by atoms with Crippen molar-refractivity contribution in [2.45, 2.75) is 25.4 Å². The maximum absolute atomic E-state index is 12.7. The average Bonchev–Trinajstić information content (AvgIpc) is 2.54. The molecular weight excluding hydrogens is 339 g/mol. The average molecular weight is 359 g/mol. The van der Waals surface area contributed by atoms with Gasteiger partial charge in [0.05, 0.1) is 18.4 Å². The predicted molar refractivity (Wildman–Crippen MR) is 87.1 cm³/mol. The van der Waals surface area contributed by atoms with Gasteiger partial charge in [0.25, 0.3) is 0 Å². The number of anilines is 1.